The Morgan fingerprint density at radius 1 is 1.04 bits per heavy atom. The minimum Gasteiger partial charge on any atom is -0.337 e. The minimum absolute atomic E-state index is 0.0428. The maximum atomic E-state index is 13.4. The largest absolute Gasteiger partial charge is 0.337 e. The molecule has 0 unspecified atom stereocenters. The standard InChI is InChI=1S/C22H28N4O2/c1-3-24(4-2)22(28)20-23-19(18-11-7-8-13-26(18)20)21(27)25-14-12-16-9-5-6-10-17(16)15-25/h5-6,9-10H,3-4,7-8,11-15H2,1-2H3. The first kappa shape index (κ1) is 18.7. The van der Waals surface area contributed by atoms with Crippen LogP contribution in [0.2, 0.25) is 0 Å². The van der Waals surface area contributed by atoms with E-state index < -0.39 is 0 Å². The lowest BCUT2D eigenvalue weighted by Gasteiger charge is -2.28. The van der Waals surface area contributed by atoms with Crippen LogP contribution >= 0.6 is 0 Å². The van der Waals surface area contributed by atoms with E-state index >= 15 is 0 Å². The summed E-state index contributed by atoms with van der Waals surface area (Å²) in [6.45, 7) is 7.30. The molecule has 0 bridgehead atoms. The lowest BCUT2D eigenvalue weighted by molar-refractivity contribution is 0.0727. The fourth-order valence-electron chi connectivity index (χ4n) is 4.35. The molecule has 0 N–H and O–H groups in total. The Labute approximate surface area is 166 Å². The van der Waals surface area contributed by atoms with Crippen LogP contribution in [-0.4, -0.2) is 50.8 Å². The minimum atomic E-state index is -0.0730. The van der Waals surface area contributed by atoms with Crippen molar-refractivity contribution in [3.8, 4) is 0 Å². The van der Waals surface area contributed by atoms with Crippen LogP contribution in [0.4, 0.5) is 0 Å². The third kappa shape index (κ3) is 3.21. The van der Waals surface area contributed by atoms with Crippen molar-refractivity contribution in [3.63, 3.8) is 0 Å². The van der Waals surface area contributed by atoms with Gasteiger partial charge in [-0.25, -0.2) is 4.98 Å². The second kappa shape index (κ2) is 7.78. The van der Waals surface area contributed by atoms with Gasteiger partial charge < -0.3 is 14.4 Å². The number of benzene rings is 1. The molecular weight excluding hydrogens is 352 g/mol. The molecule has 0 atom stereocenters. The first-order chi connectivity index (χ1) is 13.6. The monoisotopic (exact) mass is 380 g/mol. The number of hydrogen-bond acceptors (Lipinski definition) is 3. The first-order valence-corrected chi connectivity index (χ1v) is 10.4. The Balaban J connectivity index is 1.66. The predicted molar refractivity (Wildman–Crippen MR) is 107 cm³/mol. The molecule has 0 spiro atoms. The van der Waals surface area contributed by atoms with E-state index in [1.54, 1.807) is 4.90 Å². The van der Waals surface area contributed by atoms with Crippen LogP contribution in [0.3, 0.4) is 0 Å². The van der Waals surface area contributed by atoms with Crippen LogP contribution in [0, 0.1) is 0 Å². The molecule has 28 heavy (non-hydrogen) atoms. The van der Waals surface area contributed by atoms with Crippen molar-refractivity contribution in [1.29, 1.82) is 0 Å². The van der Waals surface area contributed by atoms with Crippen molar-refractivity contribution < 1.29 is 9.59 Å². The zero-order chi connectivity index (χ0) is 19.7. The quantitative estimate of drug-likeness (QED) is 0.819. The van der Waals surface area contributed by atoms with Crippen LogP contribution in [-0.2, 0) is 25.9 Å². The number of fused-ring (bicyclic) bond motifs is 2. The Morgan fingerprint density at radius 3 is 2.54 bits per heavy atom. The second-order valence-corrected chi connectivity index (χ2v) is 7.56. The Morgan fingerprint density at radius 2 is 1.79 bits per heavy atom. The van der Waals surface area contributed by atoms with Crippen molar-refractivity contribution in [2.45, 2.75) is 52.6 Å². The van der Waals surface area contributed by atoms with Crippen molar-refractivity contribution in [1.82, 2.24) is 19.4 Å². The molecule has 1 aromatic heterocycles. The number of nitrogens with zero attached hydrogens (tertiary/aromatic N) is 4. The van der Waals surface area contributed by atoms with Crippen LogP contribution in [0.15, 0.2) is 24.3 Å². The zero-order valence-corrected chi connectivity index (χ0v) is 16.8. The molecule has 2 amide bonds. The molecule has 2 aliphatic heterocycles. The molecule has 4 rings (SSSR count). The lowest BCUT2D eigenvalue weighted by atomic mass is 9.99. The van der Waals surface area contributed by atoms with Crippen molar-refractivity contribution >= 4 is 11.8 Å². The van der Waals surface area contributed by atoms with E-state index in [0.717, 1.165) is 37.9 Å². The second-order valence-electron chi connectivity index (χ2n) is 7.56. The highest BCUT2D eigenvalue weighted by Gasteiger charge is 2.32. The molecule has 0 saturated carbocycles. The molecule has 1 aromatic carbocycles. The van der Waals surface area contributed by atoms with Crippen molar-refractivity contribution in [3.05, 3.63) is 52.6 Å². The molecule has 3 heterocycles. The third-order valence-electron chi connectivity index (χ3n) is 5.98. The Hall–Kier alpha value is -2.63. The molecule has 0 radical (unpaired) electrons. The summed E-state index contributed by atoms with van der Waals surface area (Å²) in [6.07, 6.45) is 3.73. The van der Waals surface area contributed by atoms with Gasteiger partial charge in [-0.05, 0) is 50.7 Å². The van der Waals surface area contributed by atoms with Gasteiger partial charge in [0, 0.05) is 32.7 Å². The number of amides is 2. The van der Waals surface area contributed by atoms with Crippen molar-refractivity contribution in [2.75, 3.05) is 19.6 Å². The molecule has 6 heteroatoms. The Bertz CT molecular complexity index is 898. The average Bonchev–Trinajstić information content (AvgIpc) is 3.13. The average molecular weight is 380 g/mol. The summed E-state index contributed by atoms with van der Waals surface area (Å²) in [5, 5.41) is 0. The van der Waals surface area contributed by atoms with Gasteiger partial charge in [-0.15, -0.1) is 0 Å². The summed E-state index contributed by atoms with van der Waals surface area (Å²) in [5.41, 5.74) is 3.94. The zero-order valence-electron chi connectivity index (χ0n) is 16.8. The van der Waals surface area contributed by atoms with Gasteiger partial charge in [0.2, 0.25) is 0 Å². The summed E-state index contributed by atoms with van der Waals surface area (Å²) in [7, 11) is 0. The maximum Gasteiger partial charge on any atom is 0.289 e. The summed E-state index contributed by atoms with van der Waals surface area (Å²) in [6, 6.07) is 8.29. The first-order valence-electron chi connectivity index (χ1n) is 10.4. The smallest absolute Gasteiger partial charge is 0.289 e. The summed E-state index contributed by atoms with van der Waals surface area (Å²) < 4.78 is 2.00. The molecule has 2 aliphatic rings. The van der Waals surface area contributed by atoms with Crippen LogP contribution < -0.4 is 0 Å². The van der Waals surface area contributed by atoms with Gasteiger partial charge >= 0.3 is 0 Å². The third-order valence-corrected chi connectivity index (χ3v) is 5.98. The van der Waals surface area contributed by atoms with Gasteiger partial charge in [0.05, 0.1) is 5.69 Å². The number of carbonyl (C=O) groups excluding carboxylic acids is 2. The highest BCUT2D eigenvalue weighted by Crippen LogP contribution is 2.25. The summed E-state index contributed by atoms with van der Waals surface area (Å²) in [4.78, 5) is 34.6. The molecule has 148 valence electrons. The van der Waals surface area contributed by atoms with E-state index in [1.807, 2.05) is 35.4 Å². The molecule has 2 aromatic rings. The van der Waals surface area contributed by atoms with Crippen LogP contribution in [0.25, 0.3) is 0 Å². The number of hydrogen-bond donors (Lipinski definition) is 0. The number of carbonyl (C=O) groups is 2. The fraction of sp³-hybridized carbons (Fsp3) is 0.500. The fourth-order valence-corrected chi connectivity index (χ4v) is 4.35. The Kier molecular flexibility index (Phi) is 5.20. The highest BCUT2D eigenvalue weighted by atomic mass is 16.2. The van der Waals surface area contributed by atoms with Crippen molar-refractivity contribution in [2.24, 2.45) is 0 Å². The number of aromatic nitrogens is 2. The van der Waals surface area contributed by atoms with Gasteiger partial charge in [-0.3, -0.25) is 9.59 Å². The van der Waals surface area contributed by atoms with E-state index in [1.165, 1.54) is 11.1 Å². The topological polar surface area (TPSA) is 58.4 Å². The van der Waals surface area contributed by atoms with Gasteiger partial charge in [0.25, 0.3) is 11.8 Å². The molecule has 0 aliphatic carbocycles. The summed E-state index contributed by atoms with van der Waals surface area (Å²) in [5.74, 6) is 0.314. The predicted octanol–water partition coefficient (Wildman–Crippen LogP) is 2.90. The maximum absolute atomic E-state index is 13.4. The molecule has 0 saturated heterocycles. The number of rotatable bonds is 4. The summed E-state index contributed by atoms with van der Waals surface area (Å²) >= 11 is 0. The van der Waals surface area contributed by atoms with Gasteiger partial charge in [0.1, 0.15) is 5.69 Å². The van der Waals surface area contributed by atoms with E-state index in [2.05, 4.69) is 17.1 Å². The molecule has 6 nitrogen and oxygen atoms in total. The highest BCUT2D eigenvalue weighted by molar-refractivity contribution is 5.97. The van der Waals surface area contributed by atoms with Gasteiger partial charge in [-0.1, -0.05) is 24.3 Å². The van der Waals surface area contributed by atoms with Gasteiger partial charge in [0.15, 0.2) is 5.82 Å². The van der Waals surface area contributed by atoms with E-state index in [0.29, 0.717) is 37.7 Å². The number of imidazole rings is 1. The van der Waals surface area contributed by atoms with Crippen LogP contribution in [0.1, 0.15) is 64.6 Å². The normalized spacial score (nSPS) is 15.7. The van der Waals surface area contributed by atoms with Gasteiger partial charge in [-0.2, -0.15) is 0 Å². The van der Waals surface area contributed by atoms with Crippen LogP contribution in [0.5, 0.6) is 0 Å². The SMILES string of the molecule is CCN(CC)C(=O)c1nc(C(=O)N2CCc3ccccc3C2)c2n1CCCC2. The lowest BCUT2D eigenvalue weighted by Crippen LogP contribution is -2.36. The van der Waals surface area contributed by atoms with E-state index in [-0.39, 0.29) is 11.8 Å². The molecular formula is C22H28N4O2. The van der Waals surface area contributed by atoms with E-state index in [4.69, 9.17) is 0 Å². The molecule has 0 fully saturated rings. The van der Waals surface area contributed by atoms with E-state index in [9.17, 15) is 9.59 Å².